The van der Waals surface area contributed by atoms with Crippen LogP contribution in [-0.2, 0) is 4.79 Å². The van der Waals surface area contributed by atoms with Crippen molar-refractivity contribution in [1.82, 2.24) is 4.57 Å². The number of hydrogen-bond acceptors (Lipinski definition) is 2. The lowest BCUT2D eigenvalue weighted by molar-refractivity contribution is -0.117. The maximum atomic E-state index is 14.2. The summed E-state index contributed by atoms with van der Waals surface area (Å²) in [6.45, 7) is 6.33. The molecular weight excluding hydrogens is 454 g/mol. The Labute approximate surface area is 209 Å². The van der Waals surface area contributed by atoms with Crippen LogP contribution in [-0.4, -0.2) is 10.4 Å². The van der Waals surface area contributed by atoms with Gasteiger partial charge in [-0.25, -0.2) is 0 Å². The predicted octanol–water partition coefficient (Wildman–Crippen LogP) is 7.24. The number of fused-ring (bicyclic) bond motifs is 3. The zero-order chi connectivity index (χ0) is 24.5. The highest BCUT2D eigenvalue weighted by Gasteiger charge is 2.46. The van der Waals surface area contributed by atoms with Crippen molar-refractivity contribution in [3.8, 4) is 5.69 Å². The molecule has 1 atom stereocenters. The zero-order valence-electron chi connectivity index (χ0n) is 20.1. The van der Waals surface area contributed by atoms with E-state index in [1.54, 1.807) is 0 Å². The average Bonchev–Trinajstić information content (AvgIpc) is 3.15. The second-order valence-corrected chi connectivity index (χ2v) is 11.0. The third-order valence-electron chi connectivity index (χ3n) is 7.40. The average molecular weight is 480 g/mol. The fourth-order valence-electron chi connectivity index (χ4n) is 5.93. The zero-order valence-corrected chi connectivity index (χ0v) is 20.8. The first kappa shape index (κ1) is 22.1. The minimum absolute atomic E-state index is 0.0242. The molecule has 4 heteroatoms. The number of pyridine rings is 1. The molecule has 2 aliphatic carbocycles. The highest BCUT2D eigenvalue weighted by Crippen LogP contribution is 2.54. The van der Waals surface area contributed by atoms with Gasteiger partial charge in [0.05, 0.1) is 11.2 Å². The number of carbonyl (C=O) groups is 1. The number of hydrogen-bond donors (Lipinski definition) is 0. The van der Waals surface area contributed by atoms with E-state index in [9.17, 15) is 9.59 Å². The van der Waals surface area contributed by atoms with Gasteiger partial charge in [0.1, 0.15) is 0 Å². The van der Waals surface area contributed by atoms with Crippen LogP contribution in [0.2, 0.25) is 5.02 Å². The van der Waals surface area contributed by atoms with E-state index in [-0.39, 0.29) is 16.6 Å². The largest absolute Gasteiger partial charge is 0.309 e. The van der Waals surface area contributed by atoms with E-state index in [0.29, 0.717) is 22.4 Å². The van der Waals surface area contributed by atoms with Crippen molar-refractivity contribution in [3.63, 3.8) is 0 Å². The highest BCUT2D eigenvalue weighted by molar-refractivity contribution is 6.31. The molecule has 1 heterocycles. The van der Waals surface area contributed by atoms with Crippen LogP contribution in [0.5, 0.6) is 0 Å². The van der Waals surface area contributed by atoms with Crippen molar-refractivity contribution in [2.45, 2.75) is 39.5 Å². The van der Waals surface area contributed by atoms with Gasteiger partial charge in [-0.05, 0) is 60.2 Å². The van der Waals surface area contributed by atoms with Gasteiger partial charge in [-0.3, -0.25) is 9.59 Å². The van der Waals surface area contributed by atoms with Crippen LogP contribution in [0.25, 0.3) is 22.2 Å². The second-order valence-electron chi connectivity index (χ2n) is 10.6. The van der Waals surface area contributed by atoms with Crippen molar-refractivity contribution < 1.29 is 4.79 Å². The lowest BCUT2D eigenvalue weighted by Gasteiger charge is -2.31. The molecule has 1 aromatic heterocycles. The summed E-state index contributed by atoms with van der Waals surface area (Å²) >= 11 is 6.71. The van der Waals surface area contributed by atoms with Gasteiger partial charge >= 0.3 is 0 Å². The third-order valence-corrected chi connectivity index (χ3v) is 7.75. The number of rotatable bonds is 2. The number of ketones is 1. The van der Waals surface area contributed by atoms with E-state index in [4.69, 9.17) is 11.6 Å². The maximum Gasteiger partial charge on any atom is 0.194 e. The number of Topliss-reactive ketones (excluding diaryl/α,β-unsaturated/α-hetero) is 1. The molecule has 0 spiro atoms. The predicted molar refractivity (Wildman–Crippen MR) is 143 cm³/mol. The van der Waals surface area contributed by atoms with E-state index >= 15 is 0 Å². The SMILES string of the molecule is Cc1ccc(-n2c3c(c(=O)c4ccccc42)C(c2ccccc2Cl)C2=C3CC(C)(C)CC2=O)cc1. The molecule has 3 aromatic carbocycles. The smallest absolute Gasteiger partial charge is 0.194 e. The topological polar surface area (TPSA) is 39.1 Å². The number of aromatic nitrogens is 1. The maximum absolute atomic E-state index is 14.2. The molecule has 4 aromatic rings. The van der Waals surface area contributed by atoms with E-state index in [2.05, 4.69) is 49.6 Å². The number of aryl methyl sites for hydroxylation is 1. The summed E-state index contributed by atoms with van der Waals surface area (Å²) in [4.78, 5) is 27.9. The first-order chi connectivity index (χ1) is 16.8. The molecular formula is C31H26ClNO2. The van der Waals surface area contributed by atoms with Gasteiger partial charge in [-0.15, -0.1) is 0 Å². The molecule has 1 unspecified atom stereocenters. The van der Waals surface area contributed by atoms with Crippen LogP contribution < -0.4 is 5.43 Å². The summed E-state index contributed by atoms with van der Waals surface area (Å²) in [5.74, 6) is -0.359. The van der Waals surface area contributed by atoms with Gasteiger partial charge in [-0.2, -0.15) is 0 Å². The van der Waals surface area contributed by atoms with Crippen LogP contribution in [0.1, 0.15) is 55.0 Å². The van der Waals surface area contributed by atoms with Crippen molar-refractivity contribution >= 4 is 33.9 Å². The van der Waals surface area contributed by atoms with Crippen LogP contribution >= 0.6 is 11.6 Å². The number of halogens is 1. The molecule has 0 saturated heterocycles. The van der Waals surface area contributed by atoms with E-state index in [1.807, 2.05) is 48.5 Å². The van der Waals surface area contributed by atoms with E-state index in [1.165, 1.54) is 5.56 Å². The lowest BCUT2D eigenvalue weighted by atomic mass is 9.72. The minimum atomic E-state index is -0.467. The Kier molecular flexibility index (Phi) is 4.91. The van der Waals surface area contributed by atoms with E-state index < -0.39 is 5.92 Å². The number of para-hydroxylation sites is 1. The van der Waals surface area contributed by atoms with Crippen LogP contribution in [0.15, 0.2) is 83.2 Å². The number of benzene rings is 3. The third kappa shape index (κ3) is 3.33. The molecule has 0 N–H and O–H groups in total. The summed E-state index contributed by atoms with van der Waals surface area (Å²) in [7, 11) is 0. The molecule has 0 fully saturated rings. The molecule has 2 aliphatic rings. The van der Waals surface area contributed by atoms with E-state index in [0.717, 1.165) is 40.0 Å². The monoisotopic (exact) mass is 479 g/mol. The Balaban J connectivity index is 1.81. The van der Waals surface area contributed by atoms with Gasteiger partial charge < -0.3 is 4.57 Å². The summed E-state index contributed by atoms with van der Waals surface area (Å²) in [6, 6.07) is 23.7. The second kappa shape index (κ2) is 7.79. The molecule has 6 rings (SSSR count). The van der Waals surface area contributed by atoms with Crippen molar-refractivity contribution in [1.29, 1.82) is 0 Å². The summed E-state index contributed by atoms with van der Waals surface area (Å²) in [6.07, 6.45) is 1.19. The first-order valence-corrected chi connectivity index (χ1v) is 12.4. The van der Waals surface area contributed by atoms with Gasteiger partial charge in [0.2, 0.25) is 0 Å². The molecule has 35 heavy (non-hydrogen) atoms. The standard InChI is InChI=1S/C31H26ClNO2/c1-18-12-14-19(15-13-18)33-24-11-7-5-9-21(24)30(35)28-27(20-8-4-6-10-23(20)32)26-22(29(28)33)16-31(2,3)17-25(26)34/h4-15,27H,16-17H2,1-3H3. The summed E-state index contributed by atoms with van der Waals surface area (Å²) in [5, 5.41) is 1.22. The Morgan fingerprint density at radius 2 is 1.57 bits per heavy atom. The summed E-state index contributed by atoms with van der Waals surface area (Å²) < 4.78 is 2.19. The number of carbonyl (C=O) groups excluding carboxylic acids is 1. The van der Waals surface area contributed by atoms with Gasteiger partial charge in [0, 0.05) is 39.6 Å². The van der Waals surface area contributed by atoms with Crippen molar-refractivity contribution in [2.24, 2.45) is 5.41 Å². The Morgan fingerprint density at radius 3 is 2.31 bits per heavy atom. The Morgan fingerprint density at radius 1 is 0.886 bits per heavy atom. The van der Waals surface area contributed by atoms with Gasteiger partial charge in [0.15, 0.2) is 11.2 Å². The van der Waals surface area contributed by atoms with Crippen LogP contribution in [0.3, 0.4) is 0 Å². The van der Waals surface area contributed by atoms with Gasteiger partial charge in [-0.1, -0.05) is 73.5 Å². The quantitative estimate of drug-likeness (QED) is 0.304. The number of nitrogens with zero attached hydrogens (tertiary/aromatic N) is 1. The molecule has 0 amide bonds. The fourth-order valence-corrected chi connectivity index (χ4v) is 6.17. The normalized spacial score (nSPS) is 18.6. The lowest BCUT2D eigenvalue weighted by Crippen LogP contribution is -2.26. The Bertz CT molecular complexity index is 1620. The fraction of sp³-hybridized carbons (Fsp3) is 0.226. The molecule has 174 valence electrons. The minimum Gasteiger partial charge on any atom is -0.309 e. The molecule has 3 nitrogen and oxygen atoms in total. The molecule has 0 bridgehead atoms. The molecule has 0 saturated carbocycles. The van der Waals surface area contributed by atoms with Crippen molar-refractivity contribution in [3.05, 3.63) is 116 Å². The van der Waals surface area contributed by atoms with Gasteiger partial charge in [0.25, 0.3) is 0 Å². The van der Waals surface area contributed by atoms with Crippen molar-refractivity contribution in [2.75, 3.05) is 0 Å². The molecule has 0 aliphatic heterocycles. The van der Waals surface area contributed by atoms with Crippen LogP contribution in [0.4, 0.5) is 0 Å². The first-order valence-electron chi connectivity index (χ1n) is 12.0. The Hall–Kier alpha value is -3.43. The highest BCUT2D eigenvalue weighted by atomic mass is 35.5. The van der Waals surface area contributed by atoms with Crippen LogP contribution in [0, 0.1) is 12.3 Å². The molecule has 0 radical (unpaired) electrons. The summed E-state index contributed by atoms with van der Waals surface area (Å²) in [5.41, 5.74) is 6.83. The number of allylic oxidation sites excluding steroid dienone is 2.